The Morgan fingerprint density at radius 1 is 0.684 bits per heavy atom. The summed E-state index contributed by atoms with van der Waals surface area (Å²) in [6.07, 6.45) is 21.3. The van der Waals surface area contributed by atoms with Gasteiger partial charge < -0.3 is 16.0 Å². The largest absolute Gasteiger partial charge is 0.382 e. The smallest absolute Gasteiger partial charge is 0.0861 e. The van der Waals surface area contributed by atoms with E-state index in [4.69, 9.17) is 0 Å². The fourth-order valence-corrected chi connectivity index (χ4v) is 5.71. The second kappa shape index (κ2) is 9.56. The molecule has 2 atom stereocenters. The molecule has 184 valence electrons. The molecule has 3 aromatic carbocycles. The van der Waals surface area contributed by atoms with Crippen LogP contribution in [-0.2, 0) is 0 Å². The quantitative estimate of drug-likeness (QED) is 0.292. The van der Waals surface area contributed by atoms with Gasteiger partial charge in [0.25, 0.3) is 0 Å². The lowest BCUT2D eigenvalue weighted by atomic mass is 9.84. The van der Waals surface area contributed by atoms with Gasteiger partial charge in [-0.3, -0.25) is 4.98 Å². The van der Waals surface area contributed by atoms with Crippen molar-refractivity contribution in [2.24, 2.45) is 0 Å². The van der Waals surface area contributed by atoms with E-state index in [1.807, 2.05) is 36.7 Å². The second-order valence-corrected chi connectivity index (χ2v) is 9.77. The summed E-state index contributed by atoms with van der Waals surface area (Å²) in [5, 5.41) is 15.7. The highest BCUT2D eigenvalue weighted by Gasteiger charge is 2.22. The molecular formula is C34H28N4. The van der Waals surface area contributed by atoms with Crippen molar-refractivity contribution >= 4 is 38.4 Å². The molecule has 0 amide bonds. The van der Waals surface area contributed by atoms with E-state index in [0.717, 1.165) is 17.9 Å². The zero-order valence-electron chi connectivity index (χ0n) is 20.9. The lowest BCUT2D eigenvalue weighted by Crippen LogP contribution is -2.43. The standard InChI is InChI=1S/C34H28N4/c1-2-10-26-25(9-1)33(23-15-17-31(37-21-23)29-13-5-7-19-35-29)27-11-3-4-12-28(27)34(26)24-16-18-32(38-22-24)30-14-6-8-20-36-30/h1-21,29,31,35,37-38H,22H2. The highest BCUT2D eigenvalue weighted by atomic mass is 15.0. The fraction of sp³-hybridized carbons (Fsp3) is 0.0882. The van der Waals surface area contributed by atoms with Crippen molar-refractivity contribution in [1.29, 1.82) is 0 Å². The summed E-state index contributed by atoms with van der Waals surface area (Å²) in [5.74, 6) is 0. The van der Waals surface area contributed by atoms with Gasteiger partial charge in [0.15, 0.2) is 0 Å². The molecule has 4 aromatic rings. The molecule has 0 radical (unpaired) electrons. The third-order valence-corrected chi connectivity index (χ3v) is 7.52. The summed E-state index contributed by atoms with van der Waals surface area (Å²) < 4.78 is 0. The minimum Gasteiger partial charge on any atom is -0.382 e. The van der Waals surface area contributed by atoms with Gasteiger partial charge in [-0.1, -0.05) is 85.0 Å². The minimum atomic E-state index is 0.204. The normalized spacial score (nSPS) is 20.3. The molecule has 4 nitrogen and oxygen atoms in total. The summed E-state index contributed by atoms with van der Waals surface area (Å²) in [6, 6.07) is 24.0. The van der Waals surface area contributed by atoms with Crippen LogP contribution in [0.1, 0.15) is 16.8 Å². The average molecular weight is 493 g/mol. The summed E-state index contributed by atoms with van der Waals surface area (Å²) in [4.78, 5) is 4.51. The second-order valence-electron chi connectivity index (χ2n) is 9.77. The molecule has 7 rings (SSSR count). The monoisotopic (exact) mass is 492 g/mol. The maximum Gasteiger partial charge on any atom is 0.0861 e. The van der Waals surface area contributed by atoms with E-state index in [2.05, 4.69) is 112 Å². The van der Waals surface area contributed by atoms with Crippen molar-refractivity contribution in [3.8, 4) is 0 Å². The van der Waals surface area contributed by atoms with E-state index in [1.54, 1.807) is 0 Å². The van der Waals surface area contributed by atoms with Gasteiger partial charge in [0.1, 0.15) is 0 Å². The SMILES string of the molecule is C1=CNC(C2C=CC(c3c4ccccc4c(C4=CC=C(c5ccccn5)NC4)c4ccccc34)=CN2)C=C1. The molecule has 3 N–H and O–H groups in total. The summed E-state index contributed by atoms with van der Waals surface area (Å²) >= 11 is 0. The third-order valence-electron chi connectivity index (χ3n) is 7.52. The fourth-order valence-electron chi connectivity index (χ4n) is 5.71. The van der Waals surface area contributed by atoms with Gasteiger partial charge in [-0.05, 0) is 74.3 Å². The average Bonchev–Trinajstić information content (AvgIpc) is 3.01. The lowest BCUT2D eigenvalue weighted by Gasteiger charge is -2.28. The lowest BCUT2D eigenvalue weighted by molar-refractivity contribution is 0.560. The molecule has 2 unspecified atom stereocenters. The Bertz CT molecular complexity index is 1660. The number of hydrogen-bond donors (Lipinski definition) is 3. The van der Waals surface area contributed by atoms with Crippen LogP contribution in [0.2, 0.25) is 0 Å². The van der Waals surface area contributed by atoms with Crippen LogP contribution >= 0.6 is 0 Å². The first kappa shape index (κ1) is 22.4. The van der Waals surface area contributed by atoms with Crippen molar-refractivity contribution < 1.29 is 0 Å². The molecule has 4 heterocycles. The number of aromatic nitrogens is 1. The number of pyridine rings is 1. The van der Waals surface area contributed by atoms with Crippen LogP contribution in [-0.4, -0.2) is 23.6 Å². The number of hydrogen-bond acceptors (Lipinski definition) is 4. The predicted molar refractivity (Wildman–Crippen MR) is 159 cm³/mol. The van der Waals surface area contributed by atoms with Crippen LogP contribution < -0.4 is 16.0 Å². The van der Waals surface area contributed by atoms with E-state index in [0.29, 0.717) is 0 Å². The first-order valence-corrected chi connectivity index (χ1v) is 13.1. The number of nitrogens with one attached hydrogen (secondary N) is 3. The van der Waals surface area contributed by atoms with Gasteiger partial charge in [-0.2, -0.15) is 0 Å². The van der Waals surface area contributed by atoms with Crippen molar-refractivity contribution in [2.75, 3.05) is 6.54 Å². The van der Waals surface area contributed by atoms with Gasteiger partial charge in [0.05, 0.1) is 23.5 Å². The van der Waals surface area contributed by atoms with E-state index >= 15 is 0 Å². The Hall–Kier alpha value is -4.83. The zero-order chi connectivity index (χ0) is 25.3. The molecule has 0 fully saturated rings. The molecular weight excluding hydrogens is 464 g/mol. The number of benzene rings is 3. The number of fused-ring (bicyclic) bond motifs is 2. The summed E-state index contributed by atoms with van der Waals surface area (Å²) in [7, 11) is 0. The molecule has 0 bridgehead atoms. The maximum absolute atomic E-state index is 4.51. The molecule has 38 heavy (non-hydrogen) atoms. The Balaban J connectivity index is 1.35. The predicted octanol–water partition coefficient (Wildman–Crippen LogP) is 6.33. The van der Waals surface area contributed by atoms with Crippen LogP contribution in [0.15, 0.2) is 128 Å². The van der Waals surface area contributed by atoms with E-state index in [-0.39, 0.29) is 12.1 Å². The van der Waals surface area contributed by atoms with Gasteiger partial charge >= 0.3 is 0 Å². The topological polar surface area (TPSA) is 49.0 Å². The molecule has 0 saturated heterocycles. The highest BCUT2D eigenvalue weighted by Crippen LogP contribution is 2.41. The molecule has 1 aromatic heterocycles. The first-order valence-electron chi connectivity index (χ1n) is 13.1. The van der Waals surface area contributed by atoms with Crippen LogP contribution in [0, 0.1) is 0 Å². The number of nitrogens with zero attached hydrogens (tertiary/aromatic N) is 1. The van der Waals surface area contributed by atoms with Crippen molar-refractivity contribution in [3.05, 3.63) is 145 Å². The first-order chi connectivity index (χ1) is 18.9. The molecule has 3 aliphatic rings. The van der Waals surface area contributed by atoms with Crippen molar-refractivity contribution in [2.45, 2.75) is 12.1 Å². The highest BCUT2D eigenvalue weighted by molar-refractivity contribution is 6.17. The van der Waals surface area contributed by atoms with Crippen LogP contribution in [0.25, 0.3) is 38.4 Å². The van der Waals surface area contributed by atoms with E-state index in [1.165, 1.54) is 43.8 Å². The van der Waals surface area contributed by atoms with E-state index < -0.39 is 0 Å². The summed E-state index contributed by atoms with van der Waals surface area (Å²) in [6.45, 7) is 0.748. The maximum atomic E-state index is 4.51. The van der Waals surface area contributed by atoms with Crippen LogP contribution in [0.3, 0.4) is 0 Å². The van der Waals surface area contributed by atoms with Crippen LogP contribution in [0.5, 0.6) is 0 Å². The number of allylic oxidation sites excluding steroid dienone is 6. The third kappa shape index (κ3) is 3.91. The number of rotatable bonds is 4. The Morgan fingerprint density at radius 2 is 1.39 bits per heavy atom. The van der Waals surface area contributed by atoms with Gasteiger partial charge in [-0.25, -0.2) is 0 Å². The molecule has 0 aliphatic carbocycles. The van der Waals surface area contributed by atoms with Gasteiger partial charge in [0, 0.05) is 18.9 Å². The van der Waals surface area contributed by atoms with Crippen molar-refractivity contribution in [3.63, 3.8) is 0 Å². The van der Waals surface area contributed by atoms with Crippen molar-refractivity contribution in [1.82, 2.24) is 20.9 Å². The van der Waals surface area contributed by atoms with Gasteiger partial charge in [-0.15, -0.1) is 0 Å². The molecule has 0 saturated carbocycles. The Morgan fingerprint density at radius 3 is 1.97 bits per heavy atom. The van der Waals surface area contributed by atoms with Gasteiger partial charge in [0.2, 0.25) is 0 Å². The minimum absolute atomic E-state index is 0.204. The van der Waals surface area contributed by atoms with Crippen LogP contribution in [0.4, 0.5) is 0 Å². The Labute approximate surface area is 222 Å². The summed E-state index contributed by atoms with van der Waals surface area (Å²) in [5.41, 5.74) is 7.04. The molecule has 3 aliphatic heterocycles. The molecule has 0 spiro atoms. The number of dihydropyridines is 3. The zero-order valence-corrected chi connectivity index (χ0v) is 20.9. The molecule has 4 heteroatoms. The Kier molecular flexibility index (Phi) is 5.63. The van der Waals surface area contributed by atoms with E-state index in [9.17, 15) is 0 Å².